The highest BCUT2D eigenvalue weighted by atomic mass is 32.1. The van der Waals surface area contributed by atoms with Gasteiger partial charge < -0.3 is 16.0 Å². The molecule has 0 aliphatic rings. The summed E-state index contributed by atoms with van der Waals surface area (Å²) >= 11 is 4.64. The van der Waals surface area contributed by atoms with Gasteiger partial charge in [0.2, 0.25) is 5.91 Å². The Bertz CT molecular complexity index is 546. The number of halogens is 3. The van der Waals surface area contributed by atoms with Crippen LogP contribution in [0.1, 0.15) is 18.1 Å². The van der Waals surface area contributed by atoms with Crippen LogP contribution in [0.4, 0.5) is 18.9 Å². The van der Waals surface area contributed by atoms with Crippen LogP contribution in [-0.2, 0) is 11.0 Å². The van der Waals surface area contributed by atoms with E-state index < -0.39 is 11.7 Å². The Morgan fingerprint density at radius 1 is 1.43 bits per heavy atom. The van der Waals surface area contributed by atoms with Crippen molar-refractivity contribution in [1.29, 1.82) is 0 Å². The van der Waals surface area contributed by atoms with Crippen molar-refractivity contribution < 1.29 is 18.0 Å². The smallest absolute Gasteiger partial charge is 0.389 e. The SMILES string of the molecule is CCN(CC(=O)NC)c1ccc(C(N)=S)c(C(F)(F)F)c1. The molecule has 21 heavy (non-hydrogen) atoms. The minimum Gasteiger partial charge on any atom is -0.389 e. The molecule has 1 aromatic rings. The molecule has 0 aromatic heterocycles. The molecule has 0 spiro atoms. The van der Waals surface area contributed by atoms with Crippen LogP contribution in [0.5, 0.6) is 0 Å². The molecular formula is C13H16F3N3OS. The predicted octanol–water partition coefficient (Wildman–Crippen LogP) is 1.91. The van der Waals surface area contributed by atoms with Crippen molar-refractivity contribution in [2.75, 3.05) is 25.0 Å². The van der Waals surface area contributed by atoms with Gasteiger partial charge in [0.15, 0.2) is 0 Å². The van der Waals surface area contributed by atoms with E-state index in [1.807, 2.05) is 0 Å². The highest BCUT2D eigenvalue weighted by molar-refractivity contribution is 7.80. The second-order valence-electron chi connectivity index (χ2n) is 4.28. The van der Waals surface area contributed by atoms with Crippen LogP contribution >= 0.6 is 12.2 Å². The molecule has 4 nitrogen and oxygen atoms in total. The number of thiocarbonyl (C=S) groups is 1. The van der Waals surface area contributed by atoms with E-state index in [-0.39, 0.29) is 28.7 Å². The average Bonchev–Trinajstić information content (AvgIpc) is 2.42. The number of alkyl halides is 3. The molecule has 0 aliphatic heterocycles. The summed E-state index contributed by atoms with van der Waals surface area (Å²) in [6.45, 7) is 2.10. The van der Waals surface area contributed by atoms with E-state index in [1.165, 1.54) is 24.1 Å². The molecule has 0 heterocycles. The maximum absolute atomic E-state index is 13.1. The molecule has 0 fully saturated rings. The first-order valence-corrected chi connectivity index (χ1v) is 6.58. The molecule has 1 amide bonds. The lowest BCUT2D eigenvalue weighted by molar-refractivity contribution is -0.137. The number of carbonyl (C=O) groups is 1. The summed E-state index contributed by atoms with van der Waals surface area (Å²) in [5.41, 5.74) is 4.49. The van der Waals surface area contributed by atoms with Crippen molar-refractivity contribution in [2.24, 2.45) is 5.73 Å². The molecule has 0 radical (unpaired) electrons. The van der Waals surface area contributed by atoms with Gasteiger partial charge in [0.05, 0.1) is 12.1 Å². The van der Waals surface area contributed by atoms with E-state index in [0.717, 1.165) is 6.07 Å². The summed E-state index contributed by atoms with van der Waals surface area (Å²) in [7, 11) is 1.47. The van der Waals surface area contributed by atoms with Crippen molar-refractivity contribution in [3.8, 4) is 0 Å². The minimum absolute atomic E-state index is 0.0310. The second-order valence-corrected chi connectivity index (χ2v) is 4.72. The monoisotopic (exact) mass is 319 g/mol. The summed E-state index contributed by atoms with van der Waals surface area (Å²) < 4.78 is 39.2. The molecule has 0 saturated heterocycles. The van der Waals surface area contributed by atoms with Crippen LogP contribution < -0.4 is 16.0 Å². The zero-order chi connectivity index (χ0) is 16.2. The van der Waals surface area contributed by atoms with Gasteiger partial charge >= 0.3 is 6.18 Å². The maximum Gasteiger partial charge on any atom is 0.417 e. The molecule has 8 heteroatoms. The predicted molar refractivity (Wildman–Crippen MR) is 79.3 cm³/mol. The van der Waals surface area contributed by atoms with Crippen LogP contribution in [0, 0.1) is 0 Å². The Balaban J connectivity index is 3.26. The number of likely N-dealkylation sites (N-methyl/N-ethyl adjacent to an activating group) is 2. The number of anilines is 1. The van der Waals surface area contributed by atoms with E-state index in [0.29, 0.717) is 6.54 Å². The molecule has 116 valence electrons. The van der Waals surface area contributed by atoms with Crippen LogP contribution in [-0.4, -0.2) is 31.0 Å². The number of benzene rings is 1. The maximum atomic E-state index is 13.1. The Morgan fingerprint density at radius 3 is 2.48 bits per heavy atom. The molecule has 0 unspecified atom stereocenters. The standard InChI is InChI=1S/C13H16F3N3OS/c1-3-19(7-11(20)18-2)8-4-5-9(12(17)21)10(6-8)13(14,15)16/h4-6H,3,7H2,1-2H3,(H2,17,21)(H,18,20). The third-order valence-corrected chi connectivity index (χ3v) is 3.15. The van der Waals surface area contributed by atoms with Gasteiger partial charge in [-0.15, -0.1) is 0 Å². The van der Waals surface area contributed by atoms with Crippen molar-refractivity contribution in [2.45, 2.75) is 13.1 Å². The van der Waals surface area contributed by atoms with Crippen molar-refractivity contribution >= 4 is 28.8 Å². The molecular weight excluding hydrogens is 303 g/mol. The largest absolute Gasteiger partial charge is 0.417 e. The van der Waals surface area contributed by atoms with Gasteiger partial charge in [-0.25, -0.2) is 0 Å². The first-order chi connectivity index (χ1) is 9.70. The Labute approximate surface area is 126 Å². The first kappa shape index (κ1) is 17.2. The fourth-order valence-corrected chi connectivity index (χ4v) is 1.99. The van der Waals surface area contributed by atoms with Gasteiger partial charge in [-0.2, -0.15) is 13.2 Å². The van der Waals surface area contributed by atoms with Crippen molar-refractivity contribution in [3.63, 3.8) is 0 Å². The van der Waals surface area contributed by atoms with Gasteiger partial charge in [-0.1, -0.05) is 12.2 Å². The number of hydrogen-bond acceptors (Lipinski definition) is 3. The van der Waals surface area contributed by atoms with Crippen LogP contribution in [0.3, 0.4) is 0 Å². The van der Waals surface area contributed by atoms with Crippen molar-refractivity contribution in [1.82, 2.24) is 5.32 Å². The Morgan fingerprint density at radius 2 is 2.05 bits per heavy atom. The normalized spacial score (nSPS) is 11.1. The molecule has 1 rings (SSSR count). The highest BCUT2D eigenvalue weighted by Gasteiger charge is 2.34. The van der Waals surface area contributed by atoms with E-state index in [1.54, 1.807) is 6.92 Å². The first-order valence-electron chi connectivity index (χ1n) is 6.17. The topological polar surface area (TPSA) is 58.4 Å². The number of carbonyl (C=O) groups excluding carboxylic acids is 1. The van der Waals surface area contributed by atoms with Gasteiger partial charge in [0, 0.05) is 24.8 Å². The quantitative estimate of drug-likeness (QED) is 0.814. The molecule has 0 atom stereocenters. The van der Waals surface area contributed by atoms with Crippen LogP contribution in [0.15, 0.2) is 18.2 Å². The van der Waals surface area contributed by atoms with Gasteiger partial charge in [-0.05, 0) is 25.1 Å². The summed E-state index contributed by atoms with van der Waals surface area (Å²) in [6.07, 6.45) is -4.57. The molecule has 1 aromatic carbocycles. The van der Waals surface area contributed by atoms with Gasteiger partial charge in [-0.3, -0.25) is 4.79 Å². The summed E-state index contributed by atoms with van der Waals surface area (Å²) in [6, 6.07) is 3.66. The van der Waals surface area contributed by atoms with Crippen molar-refractivity contribution in [3.05, 3.63) is 29.3 Å². The third kappa shape index (κ3) is 4.32. The van der Waals surface area contributed by atoms with Crippen LogP contribution in [0.2, 0.25) is 0 Å². The summed E-state index contributed by atoms with van der Waals surface area (Å²) in [5.74, 6) is -0.288. The van der Waals surface area contributed by atoms with E-state index >= 15 is 0 Å². The zero-order valence-electron chi connectivity index (χ0n) is 11.6. The van der Waals surface area contributed by atoms with Crippen LogP contribution in [0.25, 0.3) is 0 Å². The third-order valence-electron chi connectivity index (χ3n) is 2.93. The Kier molecular flexibility index (Phi) is 5.54. The molecule has 0 aliphatic carbocycles. The number of nitrogens with zero attached hydrogens (tertiary/aromatic N) is 1. The fraction of sp³-hybridized carbons (Fsp3) is 0.385. The summed E-state index contributed by atoms with van der Waals surface area (Å²) in [4.78, 5) is 12.6. The molecule has 0 bridgehead atoms. The van der Waals surface area contributed by atoms with E-state index in [4.69, 9.17) is 5.73 Å². The van der Waals surface area contributed by atoms with E-state index in [9.17, 15) is 18.0 Å². The van der Waals surface area contributed by atoms with E-state index in [2.05, 4.69) is 17.5 Å². The lowest BCUT2D eigenvalue weighted by Gasteiger charge is -2.24. The number of hydrogen-bond donors (Lipinski definition) is 2. The number of nitrogens with one attached hydrogen (secondary N) is 1. The Hall–Kier alpha value is -1.83. The molecule has 3 N–H and O–H groups in total. The molecule has 0 saturated carbocycles. The second kappa shape index (κ2) is 6.75. The summed E-state index contributed by atoms with van der Waals surface area (Å²) in [5, 5.41) is 2.43. The fourth-order valence-electron chi connectivity index (χ4n) is 1.82. The highest BCUT2D eigenvalue weighted by Crippen LogP contribution is 2.34. The number of nitrogens with two attached hydrogens (primary N) is 1. The minimum atomic E-state index is -4.57. The lowest BCUT2D eigenvalue weighted by atomic mass is 10.1. The average molecular weight is 319 g/mol. The number of amides is 1. The van der Waals surface area contributed by atoms with Gasteiger partial charge in [0.1, 0.15) is 4.99 Å². The van der Waals surface area contributed by atoms with Gasteiger partial charge in [0.25, 0.3) is 0 Å². The number of rotatable bonds is 5. The lowest BCUT2D eigenvalue weighted by Crippen LogP contribution is -2.35. The zero-order valence-corrected chi connectivity index (χ0v) is 12.4.